The minimum absolute atomic E-state index is 0. The molecule has 0 bridgehead atoms. The van der Waals surface area contributed by atoms with Gasteiger partial charge in [-0.2, -0.15) is 5.10 Å². The van der Waals surface area contributed by atoms with Crippen molar-refractivity contribution < 1.29 is 0 Å². The lowest BCUT2D eigenvalue weighted by atomic mass is 10.1. The van der Waals surface area contributed by atoms with E-state index in [1.807, 2.05) is 6.20 Å². The third-order valence-electron chi connectivity index (χ3n) is 4.07. The summed E-state index contributed by atoms with van der Waals surface area (Å²) in [6, 6.07) is 3.33. The Morgan fingerprint density at radius 3 is 2.90 bits per heavy atom. The van der Waals surface area contributed by atoms with Crippen LogP contribution in [0.15, 0.2) is 12.3 Å². The Balaban J connectivity index is 0.00000200. The lowest BCUT2D eigenvalue weighted by molar-refractivity contribution is 0.176. The summed E-state index contributed by atoms with van der Waals surface area (Å²) in [5, 5.41) is 7.94. The van der Waals surface area contributed by atoms with Gasteiger partial charge in [0.05, 0.1) is 5.69 Å². The summed E-state index contributed by atoms with van der Waals surface area (Å²) in [5.41, 5.74) is 1.34. The fourth-order valence-electron chi connectivity index (χ4n) is 3.00. The molecule has 116 valence electrons. The topological polar surface area (TPSA) is 33.1 Å². The lowest BCUT2D eigenvalue weighted by Crippen LogP contribution is -2.36. The summed E-state index contributed by atoms with van der Waals surface area (Å²) in [4.78, 5) is 2.61. The molecule has 5 heteroatoms. The van der Waals surface area contributed by atoms with E-state index >= 15 is 0 Å². The molecule has 1 fully saturated rings. The van der Waals surface area contributed by atoms with Gasteiger partial charge in [-0.25, -0.2) is 0 Å². The summed E-state index contributed by atoms with van der Waals surface area (Å²) in [6.45, 7) is 11.1. The lowest BCUT2D eigenvalue weighted by Gasteiger charge is -2.30. The molecule has 1 aromatic heterocycles. The summed E-state index contributed by atoms with van der Waals surface area (Å²) >= 11 is 0. The van der Waals surface area contributed by atoms with E-state index < -0.39 is 0 Å². The van der Waals surface area contributed by atoms with Crippen LogP contribution in [0.1, 0.15) is 51.8 Å². The van der Waals surface area contributed by atoms with Crippen LogP contribution in [0.2, 0.25) is 0 Å². The molecular formula is C15H29ClN4. The van der Waals surface area contributed by atoms with Gasteiger partial charge in [-0.3, -0.25) is 9.58 Å². The highest BCUT2D eigenvalue weighted by Crippen LogP contribution is 2.17. The normalized spacial score (nSPS) is 19.9. The zero-order chi connectivity index (χ0) is 13.7. The minimum Gasteiger partial charge on any atom is -0.317 e. The molecule has 2 rings (SSSR count). The first-order chi connectivity index (χ1) is 9.22. The molecule has 2 heterocycles. The van der Waals surface area contributed by atoms with Gasteiger partial charge in [0.1, 0.15) is 0 Å². The Morgan fingerprint density at radius 1 is 1.40 bits per heavy atom. The molecule has 1 unspecified atom stereocenters. The Bertz CT molecular complexity index is 370. The fourth-order valence-corrected chi connectivity index (χ4v) is 3.00. The summed E-state index contributed by atoms with van der Waals surface area (Å²) in [7, 11) is 0. The monoisotopic (exact) mass is 300 g/mol. The Labute approximate surface area is 129 Å². The number of halogens is 1. The van der Waals surface area contributed by atoms with E-state index in [-0.39, 0.29) is 12.4 Å². The van der Waals surface area contributed by atoms with Gasteiger partial charge in [-0.1, -0.05) is 6.92 Å². The van der Waals surface area contributed by atoms with Gasteiger partial charge < -0.3 is 5.32 Å². The van der Waals surface area contributed by atoms with Crippen molar-refractivity contribution in [2.45, 2.75) is 58.7 Å². The molecule has 1 aliphatic heterocycles. The summed E-state index contributed by atoms with van der Waals surface area (Å²) in [5.74, 6) is 0. The first-order valence-corrected chi connectivity index (χ1v) is 7.69. The van der Waals surface area contributed by atoms with E-state index in [1.54, 1.807) is 0 Å². The van der Waals surface area contributed by atoms with E-state index in [1.165, 1.54) is 31.5 Å². The van der Waals surface area contributed by atoms with Crippen LogP contribution in [0.25, 0.3) is 0 Å². The molecule has 1 N–H and O–H groups in total. The maximum atomic E-state index is 4.44. The van der Waals surface area contributed by atoms with E-state index in [4.69, 9.17) is 0 Å². The van der Waals surface area contributed by atoms with Crippen LogP contribution in [-0.4, -0.2) is 40.4 Å². The van der Waals surface area contributed by atoms with Crippen molar-refractivity contribution in [3.05, 3.63) is 18.0 Å². The van der Waals surface area contributed by atoms with Crippen molar-refractivity contribution in [1.29, 1.82) is 0 Å². The molecule has 0 radical (unpaired) electrons. The van der Waals surface area contributed by atoms with E-state index in [0.717, 1.165) is 25.7 Å². The average molecular weight is 301 g/mol. The summed E-state index contributed by atoms with van der Waals surface area (Å²) < 4.78 is 2.15. The van der Waals surface area contributed by atoms with Crippen LogP contribution in [0.4, 0.5) is 0 Å². The first kappa shape index (κ1) is 17.5. The number of hydrogen-bond acceptors (Lipinski definition) is 3. The van der Waals surface area contributed by atoms with Gasteiger partial charge in [0, 0.05) is 24.8 Å². The van der Waals surface area contributed by atoms with Crippen molar-refractivity contribution in [2.75, 3.05) is 19.6 Å². The van der Waals surface area contributed by atoms with Gasteiger partial charge in [0.2, 0.25) is 0 Å². The number of nitrogens with zero attached hydrogens (tertiary/aromatic N) is 3. The molecule has 1 atom stereocenters. The highest BCUT2D eigenvalue weighted by atomic mass is 35.5. The zero-order valence-corrected chi connectivity index (χ0v) is 13.8. The van der Waals surface area contributed by atoms with Crippen LogP contribution in [0.5, 0.6) is 0 Å². The quantitative estimate of drug-likeness (QED) is 0.908. The largest absolute Gasteiger partial charge is 0.317 e. The van der Waals surface area contributed by atoms with Crippen LogP contribution >= 0.6 is 12.4 Å². The highest BCUT2D eigenvalue weighted by Gasteiger charge is 2.20. The predicted octanol–water partition coefficient (Wildman–Crippen LogP) is 2.85. The molecule has 0 spiro atoms. The minimum atomic E-state index is 0. The number of hydrogen-bond donors (Lipinski definition) is 1. The van der Waals surface area contributed by atoms with E-state index in [9.17, 15) is 0 Å². The zero-order valence-electron chi connectivity index (χ0n) is 13.0. The molecule has 0 aliphatic carbocycles. The smallest absolute Gasteiger partial charge is 0.0527 e. The second kappa shape index (κ2) is 8.65. The predicted molar refractivity (Wildman–Crippen MR) is 86.5 cm³/mol. The highest BCUT2D eigenvalue weighted by molar-refractivity contribution is 5.85. The van der Waals surface area contributed by atoms with Gasteiger partial charge in [-0.15, -0.1) is 12.4 Å². The average Bonchev–Trinajstić information content (AvgIpc) is 2.69. The van der Waals surface area contributed by atoms with Gasteiger partial charge in [0.25, 0.3) is 0 Å². The third-order valence-corrected chi connectivity index (χ3v) is 4.07. The van der Waals surface area contributed by atoms with Crippen molar-refractivity contribution >= 4 is 12.4 Å². The number of nitrogens with one attached hydrogen (secondary N) is 1. The van der Waals surface area contributed by atoms with Crippen molar-refractivity contribution in [3.63, 3.8) is 0 Å². The maximum Gasteiger partial charge on any atom is 0.0527 e. The van der Waals surface area contributed by atoms with Gasteiger partial charge >= 0.3 is 0 Å². The molecular weight excluding hydrogens is 272 g/mol. The van der Waals surface area contributed by atoms with Crippen molar-refractivity contribution in [3.8, 4) is 0 Å². The standard InChI is InChI=1S/C15H28N4.ClH/c1-4-18(14-6-5-9-16-10-7-14)12-15-8-11-17-19(15)13(2)3;/h8,11,13-14,16H,4-7,9-10,12H2,1-3H3;1H. The summed E-state index contributed by atoms with van der Waals surface area (Å²) in [6.07, 6.45) is 5.81. The second-order valence-electron chi connectivity index (χ2n) is 5.76. The molecule has 1 saturated heterocycles. The second-order valence-corrected chi connectivity index (χ2v) is 5.76. The Morgan fingerprint density at radius 2 is 2.20 bits per heavy atom. The first-order valence-electron chi connectivity index (χ1n) is 7.69. The van der Waals surface area contributed by atoms with Crippen LogP contribution in [-0.2, 0) is 6.54 Å². The number of aromatic nitrogens is 2. The Hall–Kier alpha value is -0.580. The maximum absolute atomic E-state index is 4.44. The molecule has 0 amide bonds. The molecule has 0 aromatic carbocycles. The SMILES string of the molecule is CCN(Cc1ccnn1C(C)C)C1CCCNCC1.Cl. The molecule has 1 aliphatic rings. The fraction of sp³-hybridized carbons (Fsp3) is 0.800. The van der Waals surface area contributed by atoms with Gasteiger partial charge in [-0.05, 0) is 58.8 Å². The van der Waals surface area contributed by atoms with Crippen molar-refractivity contribution in [1.82, 2.24) is 20.0 Å². The van der Waals surface area contributed by atoms with Crippen LogP contribution in [0.3, 0.4) is 0 Å². The molecule has 20 heavy (non-hydrogen) atoms. The van der Waals surface area contributed by atoms with Crippen LogP contribution in [0, 0.1) is 0 Å². The van der Waals surface area contributed by atoms with E-state index in [2.05, 4.69) is 46.8 Å². The van der Waals surface area contributed by atoms with E-state index in [0.29, 0.717) is 6.04 Å². The third kappa shape index (κ3) is 4.47. The Kier molecular flexibility index (Phi) is 7.56. The molecule has 4 nitrogen and oxygen atoms in total. The van der Waals surface area contributed by atoms with Gasteiger partial charge in [0.15, 0.2) is 0 Å². The van der Waals surface area contributed by atoms with Crippen molar-refractivity contribution in [2.24, 2.45) is 0 Å². The molecule has 1 aromatic rings. The molecule has 0 saturated carbocycles. The van der Waals surface area contributed by atoms with Crippen LogP contribution < -0.4 is 5.32 Å². The number of rotatable bonds is 5.